The molecule has 0 atom stereocenters. The van der Waals surface area contributed by atoms with Gasteiger partial charge in [-0.2, -0.15) is 0 Å². The molecular formula is C20H18N2O5S. The summed E-state index contributed by atoms with van der Waals surface area (Å²) in [6.45, 7) is 2.24. The van der Waals surface area contributed by atoms with Crippen molar-refractivity contribution < 1.29 is 24.5 Å². The van der Waals surface area contributed by atoms with E-state index in [1.165, 1.54) is 28.8 Å². The number of aromatic hydroxyl groups is 1. The van der Waals surface area contributed by atoms with E-state index in [0.29, 0.717) is 33.7 Å². The first-order valence-corrected chi connectivity index (χ1v) is 9.26. The van der Waals surface area contributed by atoms with Gasteiger partial charge in [0, 0.05) is 12.6 Å². The molecule has 1 amide bonds. The largest absolute Gasteiger partial charge is 0.504 e. The quantitative estimate of drug-likeness (QED) is 0.745. The number of carbonyl (C=O) groups excluding carboxylic acids is 1. The van der Waals surface area contributed by atoms with Crippen molar-refractivity contribution in [3.63, 3.8) is 0 Å². The Kier molecular flexibility index (Phi) is 5.70. The number of likely N-dealkylation sites (N-methyl/N-ethyl adjacent to an activating group) is 1. The average molecular weight is 398 g/mol. The number of ether oxygens (including phenoxy) is 1. The van der Waals surface area contributed by atoms with Crippen LogP contribution in [0, 0.1) is 0 Å². The number of hydrogen-bond donors (Lipinski definition) is 2. The minimum Gasteiger partial charge on any atom is -0.504 e. The van der Waals surface area contributed by atoms with Crippen LogP contribution in [0.4, 0.5) is 5.69 Å². The minimum atomic E-state index is -1.01. The van der Waals surface area contributed by atoms with E-state index < -0.39 is 5.97 Å². The van der Waals surface area contributed by atoms with Gasteiger partial charge in [0.15, 0.2) is 16.7 Å². The predicted molar refractivity (Wildman–Crippen MR) is 108 cm³/mol. The van der Waals surface area contributed by atoms with Crippen LogP contribution < -0.4 is 4.74 Å². The number of phenolic OH excluding ortho intramolecular Hbond substituents is 1. The number of aromatic carboxylic acids is 1. The lowest BCUT2D eigenvalue weighted by atomic mass is 10.1. The maximum absolute atomic E-state index is 12.5. The second kappa shape index (κ2) is 8.18. The van der Waals surface area contributed by atoms with Crippen molar-refractivity contribution in [2.45, 2.75) is 6.92 Å². The van der Waals surface area contributed by atoms with Gasteiger partial charge in [-0.1, -0.05) is 12.1 Å². The van der Waals surface area contributed by atoms with Crippen LogP contribution in [0.3, 0.4) is 0 Å². The molecule has 0 spiro atoms. The first kappa shape index (κ1) is 19.5. The number of amidine groups is 1. The molecule has 1 fully saturated rings. The van der Waals surface area contributed by atoms with Gasteiger partial charge in [0.1, 0.15) is 0 Å². The van der Waals surface area contributed by atoms with E-state index in [1.54, 1.807) is 43.5 Å². The van der Waals surface area contributed by atoms with E-state index >= 15 is 0 Å². The van der Waals surface area contributed by atoms with Crippen molar-refractivity contribution in [3.8, 4) is 11.5 Å². The zero-order valence-electron chi connectivity index (χ0n) is 15.2. The molecule has 2 aromatic carbocycles. The molecule has 1 heterocycles. The van der Waals surface area contributed by atoms with Crippen LogP contribution in [-0.2, 0) is 4.79 Å². The number of hydrogen-bond acceptors (Lipinski definition) is 6. The second-order valence-electron chi connectivity index (χ2n) is 5.85. The number of thioether (sulfide) groups is 1. The summed E-state index contributed by atoms with van der Waals surface area (Å²) in [7, 11) is 1.61. The molecule has 144 valence electrons. The van der Waals surface area contributed by atoms with Gasteiger partial charge >= 0.3 is 5.97 Å². The van der Waals surface area contributed by atoms with Crippen LogP contribution in [0.2, 0.25) is 0 Å². The van der Waals surface area contributed by atoms with Gasteiger partial charge in [0.25, 0.3) is 5.91 Å². The molecular weight excluding hydrogens is 380 g/mol. The molecule has 7 nitrogen and oxygen atoms in total. The van der Waals surface area contributed by atoms with Gasteiger partial charge in [-0.05, 0) is 55.1 Å². The van der Waals surface area contributed by atoms with Gasteiger partial charge < -0.3 is 14.9 Å². The molecule has 0 saturated carbocycles. The molecule has 1 aliphatic rings. The zero-order valence-corrected chi connectivity index (χ0v) is 16.1. The summed E-state index contributed by atoms with van der Waals surface area (Å²) in [4.78, 5) is 29.7. The molecule has 0 bridgehead atoms. The smallest absolute Gasteiger partial charge is 0.335 e. The zero-order chi connectivity index (χ0) is 20.3. The lowest BCUT2D eigenvalue weighted by molar-refractivity contribution is -0.121. The summed E-state index contributed by atoms with van der Waals surface area (Å²) in [5.41, 5.74) is 1.18. The Morgan fingerprint density at radius 1 is 1.25 bits per heavy atom. The minimum absolute atomic E-state index is 0.0254. The highest BCUT2D eigenvalue weighted by Crippen LogP contribution is 2.37. The number of phenols is 1. The molecule has 8 heteroatoms. The van der Waals surface area contributed by atoms with E-state index in [-0.39, 0.29) is 17.2 Å². The van der Waals surface area contributed by atoms with Crippen molar-refractivity contribution in [1.82, 2.24) is 4.90 Å². The Hall–Kier alpha value is -3.26. The summed E-state index contributed by atoms with van der Waals surface area (Å²) in [6.07, 6.45) is 1.59. The van der Waals surface area contributed by atoms with Gasteiger partial charge in [0.2, 0.25) is 0 Å². The fraction of sp³-hybridized carbons (Fsp3) is 0.150. The fourth-order valence-corrected chi connectivity index (χ4v) is 3.49. The fourth-order valence-electron chi connectivity index (χ4n) is 2.51. The number of amides is 1. The lowest BCUT2D eigenvalue weighted by Gasteiger charge is -2.08. The van der Waals surface area contributed by atoms with Crippen LogP contribution in [0.1, 0.15) is 22.8 Å². The third-order valence-corrected chi connectivity index (χ3v) is 5.02. The molecule has 0 radical (unpaired) electrons. The lowest BCUT2D eigenvalue weighted by Crippen LogP contribution is -2.23. The molecule has 1 saturated heterocycles. The number of benzene rings is 2. The maximum atomic E-state index is 12.5. The summed E-state index contributed by atoms with van der Waals surface area (Å²) in [5.74, 6) is -0.927. The third kappa shape index (κ3) is 4.01. The predicted octanol–water partition coefficient (Wildman–Crippen LogP) is 3.72. The SMILES string of the molecule is CCOc1cccc(/C=C2\SC(=Nc3ccc(C(=O)O)cc3)N(C)C2=O)c1O. The molecule has 0 aromatic heterocycles. The van der Waals surface area contributed by atoms with Crippen LogP contribution in [-0.4, -0.2) is 45.8 Å². The van der Waals surface area contributed by atoms with E-state index in [1.807, 2.05) is 6.92 Å². The third-order valence-electron chi connectivity index (χ3n) is 3.96. The average Bonchev–Trinajstić information content (AvgIpc) is 2.93. The molecule has 1 aliphatic heterocycles. The van der Waals surface area contributed by atoms with Crippen molar-refractivity contribution in [2.75, 3.05) is 13.7 Å². The monoisotopic (exact) mass is 398 g/mol. The van der Waals surface area contributed by atoms with Gasteiger partial charge in [-0.3, -0.25) is 9.69 Å². The number of carboxylic acid groups (broad SMARTS) is 1. The Bertz CT molecular complexity index is 983. The molecule has 3 rings (SSSR count). The van der Waals surface area contributed by atoms with E-state index in [0.717, 1.165) is 0 Å². The number of carbonyl (C=O) groups is 2. The van der Waals surface area contributed by atoms with Crippen LogP contribution in [0.25, 0.3) is 6.08 Å². The highest BCUT2D eigenvalue weighted by molar-refractivity contribution is 8.18. The van der Waals surface area contributed by atoms with Crippen LogP contribution >= 0.6 is 11.8 Å². The number of para-hydroxylation sites is 1. The number of nitrogens with zero attached hydrogens (tertiary/aromatic N) is 2. The van der Waals surface area contributed by atoms with Gasteiger partial charge in [-0.15, -0.1) is 0 Å². The van der Waals surface area contributed by atoms with E-state index in [2.05, 4.69) is 4.99 Å². The Balaban J connectivity index is 1.88. The van der Waals surface area contributed by atoms with Crippen molar-refractivity contribution in [3.05, 3.63) is 58.5 Å². The summed E-state index contributed by atoms with van der Waals surface area (Å²) < 4.78 is 5.37. The summed E-state index contributed by atoms with van der Waals surface area (Å²) in [5, 5.41) is 19.7. The Morgan fingerprint density at radius 2 is 1.96 bits per heavy atom. The van der Waals surface area contributed by atoms with Gasteiger partial charge in [0.05, 0.1) is 22.8 Å². The normalized spacial score (nSPS) is 16.8. The first-order chi connectivity index (χ1) is 13.4. The highest BCUT2D eigenvalue weighted by atomic mass is 32.2. The highest BCUT2D eigenvalue weighted by Gasteiger charge is 2.30. The Morgan fingerprint density at radius 3 is 2.61 bits per heavy atom. The Labute approximate surface area is 166 Å². The number of carboxylic acids is 1. The topological polar surface area (TPSA) is 99.4 Å². The number of aliphatic imine (C=N–C) groups is 1. The second-order valence-corrected chi connectivity index (χ2v) is 6.86. The molecule has 0 aliphatic carbocycles. The summed E-state index contributed by atoms with van der Waals surface area (Å²) >= 11 is 1.17. The van der Waals surface area contributed by atoms with Crippen molar-refractivity contribution >= 4 is 40.6 Å². The van der Waals surface area contributed by atoms with Crippen LogP contribution in [0.15, 0.2) is 52.4 Å². The van der Waals surface area contributed by atoms with Crippen molar-refractivity contribution in [2.24, 2.45) is 4.99 Å². The van der Waals surface area contributed by atoms with Gasteiger partial charge in [-0.25, -0.2) is 9.79 Å². The molecule has 2 N–H and O–H groups in total. The van der Waals surface area contributed by atoms with Crippen molar-refractivity contribution in [1.29, 1.82) is 0 Å². The first-order valence-electron chi connectivity index (χ1n) is 8.45. The van der Waals surface area contributed by atoms with E-state index in [9.17, 15) is 14.7 Å². The maximum Gasteiger partial charge on any atom is 0.335 e. The summed E-state index contributed by atoms with van der Waals surface area (Å²) in [6, 6.07) is 11.2. The standard InChI is InChI=1S/C20H18N2O5S/c1-3-27-15-6-4-5-13(17(15)23)11-16-18(24)22(2)20(28-16)21-14-9-7-12(8-10-14)19(25)26/h4-11,23H,3H2,1-2H3,(H,25,26)/b16-11-,21-20?. The molecule has 2 aromatic rings. The van der Waals surface area contributed by atoms with Crippen LogP contribution in [0.5, 0.6) is 11.5 Å². The van der Waals surface area contributed by atoms with E-state index in [4.69, 9.17) is 9.84 Å². The molecule has 0 unspecified atom stereocenters. The number of rotatable bonds is 5. The molecule has 28 heavy (non-hydrogen) atoms.